The number of ketones is 2. The van der Waals surface area contributed by atoms with Gasteiger partial charge in [0.15, 0.2) is 11.6 Å². The summed E-state index contributed by atoms with van der Waals surface area (Å²) < 4.78 is 0. The Hall–Kier alpha value is -2.42. The van der Waals surface area contributed by atoms with Crippen molar-refractivity contribution in [2.24, 2.45) is 0 Å². The number of hydrogen-bond acceptors (Lipinski definition) is 3. The van der Waals surface area contributed by atoms with Crippen molar-refractivity contribution in [1.29, 1.82) is 0 Å². The highest BCUT2D eigenvalue weighted by molar-refractivity contribution is 6.21. The quantitative estimate of drug-likeness (QED) is 0.868. The summed E-state index contributed by atoms with van der Waals surface area (Å²) in [5, 5.41) is 12.4. The molecule has 0 heterocycles. The molecule has 3 nitrogen and oxygen atoms in total. The summed E-state index contributed by atoms with van der Waals surface area (Å²) in [4.78, 5) is 24.1. The maximum atomic E-state index is 12.3. The molecule has 0 saturated heterocycles. The first-order valence-corrected chi connectivity index (χ1v) is 7.58. The third-order valence-corrected chi connectivity index (χ3v) is 4.30. The lowest BCUT2D eigenvalue weighted by Gasteiger charge is -2.24. The topological polar surface area (TPSA) is 54.4 Å². The van der Waals surface area contributed by atoms with Gasteiger partial charge >= 0.3 is 0 Å². The van der Waals surface area contributed by atoms with Gasteiger partial charge in [0.05, 0.1) is 5.57 Å². The molecule has 0 radical (unpaired) electrons. The molecule has 2 aromatic carbocycles. The minimum atomic E-state index is -0.265. The lowest BCUT2D eigenvalue weighted by atomic mass is 9.80. The molecule has 2 aromatic rings. The molecule has 1 N–H and O–H groups in total. The predicted octanol–water partition coefficient (Wildman–Crippen LogP) is 4.08. The fourth-order valence-corrected chi connectivity index (χ4v) is 3.21. The summed E-state index contributed by atoms with van der Waals surface area (Å²) in [6.45, 7) is 1.70. The van der Waals surface area contributed by atoms with E-state index in [1.54, 1.807) is 6.92 Å². The number of rotatable bonds is 3. The predicted molar refractivity (Wildman–Crippen MR) is 85.9 cm³/mol. The Balaban J connectivity index is 2.03. The molecule has 0 spiro atoms. The summed E-state index contributed by atoms with van der Waals surface area (Å²) in [7, 11) is 0. The average Bonchev–Trinajstić information content (AvgIpc) is 2.53. The second kappa shape index (κ2) is 5.76. The zero-order chi connectivity index (χ0) is 15.7. The van der Waals surface area contributed by atoms with E-state index in [4.69, 9.17) is 0 Å². The van der Waals surface area contributed by atoms with Crippen LogP contribution < -0.4 is 0 Å². The van der Waals surface area contributed by atoms with Gasteiger partial charge in [-0.15, -0.1) is 0 Å². The third kappa shape index (κ3) is 2.43. The third-order valence-electron chi connectivity index (χ3n) is 4.30. The van der Waals surface area contributed by atoms with Crippen molar-refractivity contribution in [2.75, 3.05) is 0 Å². The molecule has 0 saturated carbocycles. The van der Waals surface area contributed by atoms with Crippen molar-refractivity contribution in [3.8, 4) is 0 Å². The first-order chi connectivity index (χ1) is 10.6. The summed E-state index contributed by atoms with van der Waals surface area (Å²) >= 11 is 0. The molecular formula is C19H18O3. The molecule has 0 fully saturated rings. The summed E-state index contributed by atoms with van der Waals surface area (Å²) in [6.07, 6.45) is 0.865. The molecule has 1 unspecified atom stereocenters. The smallest absolute Gasteiger partial charge is 0.170 e. The zero-order valence-corrected chi connectivity index (χ0v) is 12.5. The second-order valence-electron chi connectivity index (χ2n) is 5.70. The van der Waals surface area contributed by atoms with E-state index in [2.05, 4.69) is 0 Å². The van der Waals surface area contributed by atoms with E-state index >= 15 is 0 Å². The molecule has 3 rings (SSSR count). The Bertz CT molecular complexity index is 781. The molecule has 1 atom stereocenters. The molecule has 1 aliphatic carbocycles. The first-order valence-electron chi connectivity index (χ1n) is 7.58. The highest BCUT2D eigenvalue weighted by Gasteiger charge is 2.32. The van der Waals surface area contributed by atoms with E-state index in [0.717, 1.165) is 16.3 Å². The van der Waals surface area contributed by atoms with Crippen molar-refractivity contribution in [1.82, 2.24) is 0 Å². The monoisotopic (exact) mass is 294 g/mol. The van der Waals surface area contributed by atoms with Crippen LogP contribution in [-0.2, 0) is 9.59 Å². The van der Waals surface area contributed by atoms with Crippen LogP contribution >= 0.6 is 0 Å². The van der Waals surface area contributed by atoms with E-state index in [1.165, 1.54) is 0 Å². The minimum absolute atomic E-state index is 0.0130. The van der Waals surface area contributed by atoms with Crippen LogP contribution in [0.2, 0.25) is 0 Å². The molecule has 1 aliphatic rings. The van der Waals surface area contributed by atoms with Crippen molar-refractivity contribution in [3.63, 3.8) is 0 Å². The van der Waals surface area contributed by atoms with Gasteiger partial charge in [-0.1, -0.05) is 49.4 Å². The molecule has 0 aliphatic heterocycles. The Labute approximate surface area is 129 Å². The lowest BCUT2D eigenvalue weighted by Crippen LogP contribution is -2.23. The summed E-state index contributed by atoms with van der Waals surface area (Å²) in [5.74, 6) is -0.638. The molecule has 0 aromatic heterocycles. The fourth-order valence-electron chi connectivity index (χ4n) is 3.21. The van der Waals surface area contributed by atoms with Gasteiger partial charge in [-0.25, -0.2) is 0 Å². The highest BCUT2D eigenvalue weighted by atomic mass is 16.3. The van der Waals surface area contributed by atoms with Crippen molar-refractivity contribution in [3.05, 3.63) is 59.4 Å². The van der Waals surface area contributed by atoms with E-state index in [1.807, 2.05) is 42.5 Å². The van der Waals surface area contributed by atoms with Gasteiger partial charge in [0.25, 0.3) is 0 Å². The number of benzene rings is 2. The van der Waals surface area contributed by atoms with E-state index in [-0.39, 0.29) is 41.7 Å². The number of carbonyl (C=O) groups excluding carboxylic acids is 2. The first kappa shape index (κ1) is 14.5. The number of fused-ring (bicyclic) bond motifs is 1. The molecule has 3 heteroatoms. The van der Waals surface area contributed by atoms with Crippen LogP contribution in [0.4, 0.5) is 0 Å². The SMILES string of the molecule is CCC(=O)C1=C(O)CC(c2cccc3ccccc23)CC1=O. The zero-order valence-electron chi connectivity index (χ0n) is 12.5. The number of aliphatic hydroxyl groups is 1. The lowest BCUT2D eigenvalue weighted by molar-refractivity contribution is -0.122. The van der Waals surface area contributed by atoms with Crippen LogP contribution in [0.15, 0.2) is 53.8 Å². The number of carbonyl (C=O) groups is 2. The second-order valence-corrected chi connectivity index (χ2v) is 5.70. The van der Waals surface area contributed by atoms with Gasteiger partial charge in [-0.2, -0.15) is 0 Å². The van der Waals surface area contributed by atoms with Crippen LogP contribution in [0, 0.1) is 0 Å². The maximum Gasteiger partial charge on any atom is 0.170 e. The van der Waals surface area contributed by atoms with E-state index in [9.17, 15) is 14.7 Å². The maximum absolute atomic E-state index is 12.3. The fraction of sp³-hybridized carbons (Fsp3) is 0.263. The van der Waals surface area contributed by atoms with E-state index in [0.29, 0.717) is 6.42 Å². The van der Waals surface area contributed by atoms with Gasteiger partial charge in [-0.05, 0) is 22.3 Å². The van der Waals surface area contributed by atoms with Crippen LogP contribution in [0.1, 0.15) is 37.7 Å². The molecule has 22 heavy (non-hydrogen) atoms. The van der Waals surface area contributed by atoms with Crippen LogP contribution in [0.3, 0.4) is 0 Å². The summed E-state index contributed by atoms with van der Waals surface area (Å²) in [5.41, 5.74) is 1.07. The van der Waals surface area contributed by atoms with Gasteiger partial charge in [0.2, 0.25) is 0 Å². The normalized spacial score (nSPS) is 18.8. The van der Waals surface area contributed by atoms with E-state index < -0.39 is 0 Å². The van der Waals surface area contributed by atoms with Crippen molar-refractivity contribution >= 4 is 22.3 Å². The van der Waals surface area contributed by atoms with Crippen LogP contribution in [-0.4, -0.2) is 16.7 Å². The Morgan fingerprint density at radius 1 is 1.14 bits per heavy atom. The molecule has 0 amide bonds. The Morgan fingerprint density at radius 3 is 2.59 bits per heavy atom. The average molecular weight is 294 g/mol. The minimum Gasteiger partial charge on any atom is -0.511 e. The number of aliphatic hydroxyl groups excluding tert-OH is 1. The van der Waals surface area contributed by atoms with Crippen LogP contribution in [0.25, 0.3) is 10.8 Å². The number of hydrogen-bond donors (Lipinski definition) is 1. The van der Waals surface area contributed by atoms with Gasteiger partial charge in [-0.3, -0.25) is 9.59 Å². The van der Waals surface area contributed by atoms with Gasteiger partial charge in [0, 0.05) is 19.3 Å². The van der Waals surface area contributed by atoms with Crippen LogP contribution in [0.5, 0.6) is 0 Å². The highest BCUT2D eigenvalue weighted by Crippen LogP contribution is 2.37. The Kier molecular flexibility index (Phi) is 3.80. The summed E-state index contributed by atoms with van der Waals surface area (Å²) in [6, 6.07) is 14.0. The molecular weight excluding hydrogens is 276 g/mol. The van der Waals surface area contributed by atoms with Crippen molar-refractivity contribution < 1.29 is 14.7 Å². The largest absolute Gasteiger partial charge is 0.511 e. The Morgan fingerprint density at radius 2 is 1.86 bits per heavy atom. The molecule has 112 valence electrons. The van der Waals surface area contributed by atoms with Gasteiger partial charge in [0.1, 0.15) is 5.76 Å². The number of allylic oxidation sites excluding steroid dienone is 2. The van der Waals surface area contributed by atoms with Gasteiger partial charge < -0.3 is 5.11 Å². The standard InChI is InChI=1S/C19H18O3/c1-2-16(20)19-17(21)10-13(11-18(19)22)15-9-5-7-12-6-3-4-8-14(12)15/h3-9,13,21H,2,10-11H2,1H3. The number of Topliss-reactive ketones (excluding diaryl/α,β-unsaturated/α-hetero) is 2. The molecule has 0 bridgehead atoms. The van der Waals surface area contributed by atoms with Crippen molar-refractivity contribution in [2.45, 2.75) is 32.1 Å².